The molecule has 0 aromatic carbocycles. The van der Waals surface area contributed by atoms with E-state index in [4.69, 9.17) is 11.6 Å². The van der Waals surface area contributed by atoms with E-state index in [2.05, 4.69) is 32.8 Å². The SMILES string of the molecule is CCCC(O)(CCC)Cc1c(Cl)c(CC)nn1CC. The molecule has 0 unspecified atom stereocenters. The summed E-state index contributed by atoms with van der Waals surface area (Å²) < 4.78 is 1.94. The molecule has 19 heavy (non-hydrogen) atoms. The number of hydrogen-bond acceptors (Lipinski definition) is 2. The number of nitrogens with zero attached hydrogens (tertiary/aromatic N) is 2. The average Bonchev–Trinajstić information content (AvgIpc) is 2.66. The van der Waals surface area contributed by atoms with Crippen LogP contribution in [0.25, 0.3) is 0 Å². The van der Waals surface area contributed by atoms with Gasteiger partial charge in [-0.25, -0.2) is 0 Å². The van der Waals surface area contributed by atoms with E-state index < -0.39 is 5.60 Å². The van der Waals surface area contributed by atoms with Gasteiger partial charge in [0.05, 0.1) is 22.0 Å². The van der Waals surface area contributed by atoms with Gasteiger partial charge in [0, 0.05) is 13.0 Å². The second-order valence-corrected chi connectivity index (χ2v) is 5.66. The van der Waals surface area contributed by atoms with Crippen LogP contribution in [0, 0.1) is 0 Å². The van der Waals surface area contributed by atoms with Crippen molar-refractivity contribution in [1.82, 2.24) is 9.78 Å². The Kier molecular flexibility index (Phi) is 6.34. The van der Waals surface area contributed by atoms with Crippen molar-refractivity contribution in [1.29, 1.82) is 0 Å². The number of hydrogen-bond donors (Lipinski definition) is 1. The summed E-state index contributed by atoms with van der Waals surface area (Å²) >= 11 is 6.42. The van der Waals surface area contributed by atoms with Crippen molar-refractivity contribution in [3.05, 3.63) is 16.4 Å². The fourth-order valence-corrected chi connectivity index (χ4v) is 3.07. The molecule has 0 spiro atoms. The molecule has 3 nitrogen and oxygen atoms in total. The van der Waals surface area contributed by atoms with Crippen molar-refractivity contribution in [3.63, 3.8) is 0 Å². The van der Waals surface area contributed by atoms with Gasteiger partial charge in [0.1, 0.15) is 0 Å². The highest BCUT2D eigenvalue weighted by Crippen LogP contribution is 2.30. The molecule has 4 heteroatoms. The summed E-state index contributed by atoms with van der Waals surface area (Å²) in [5.41, 5.74) is 1.28. The zero-order chi connectivity index (χ0) is 14.5. The number of rotatable bonds is 8. The quantitative estimate of drug-likeness (QED) is 0.784. The van der Waals surface area contributed by atoms with Crippen molar-refractivity contribution >= 4 is 11.6 Å². The van der Waals surface area contributed by atoms with E-state index in [0.29, 0.717) is 6.42 Å². The molecular formula is C15H27ClN2O. The lowest BCUT2D eigenvalue weighted by molar-refractivity contribution is 0.0198. The molecule has 0 fully saturated rings. The van der Waals surface area contributed by atoms with Crippen LogP contribution in [0.2, 0.25) is 5.02 Å². The predicted molar refractivity (Wildman–Crippen MR) is 80.8 cm³/mol. The summed E-state index contributed by atoms with van der Waals surface area (Å²) in [6.45, 7) is 9.13. The van der Waals surface area contributed by atoms with E-state index in [-0.39, 0.29) is 0 Å². The van der Waals surface area contributed by atoms with Gasteiger partial charge < -0.3 is 5.11 Å². The van der Waals surface area contributed by atoms with Crippen LogP contribution in [0.5, 0.6) is 0 Å². The molecule has 1 aromatic rings. The van der Waals surface area contributed by atoms with E-state index in [1.807, 2.05) is 4.68 Å². The van der Waals surface area contributed by atoms with Gasteiger partial charge in [-0.15, -0.1) is 0 Å². The van der Waals surface area contributed by atoms with Crippen molar-refractivity contribution in [2.24, 2.45) is 0 Å². The number of aliphatic hydroxyl groups is 1. The van der Waals surface area contributed by atoms with E-state index in [1.165, 1.54) is 0 Å². The summed E-state index contributed by atoms with van der Waals surface area (Å²) in [6.07, 6.45) is 5.03. The topological polar surface area (TPSA) is 38.1 Å². The first kappa shape index (κ1) is 16.5. The van der Waals surface area contributed by atoms with Gasteiger partial charge in [-0.05, 0) is 26.2 Å². The number of halogens is 1. The second kappa shape index (κ2) is 7.30. The predicted octanol–water partition coefficient (Wildman–Crippen LogP) is 3.99. The minimum absolute atomic E-state index is 0.606. The first-order chi connectivity index (χ1) is 9.01. The zero-order valence-electron chi connectivity index (χ0n) is 12.7. The van der Waals surface area contributed by atoms with Crippen molar-refractivity contribution < 1.29 is 5.11 Å². The van der Waals surface area contributed by atoms with E-state index in [9.17, 15) is 5.11 Å². The largest absolute Gasteiger partial charge is 0.389 e. The third-order valence-corrected chi connectivity index (χ3v) is 4.06. The molecule has 0 amide bonds. The van der Waals surface area contributed by atoms with E-state index in [0.717, 1.165) is 55.1 Å². The molecule has 0 radical (unpaired) electrons. The average molecular weight is 287 g/mol. The molecule has 0 saturated heterocycles. The van der Waals surface area contributed by atoms with Gasteiger partial charge in [-0.1, -0.05) is 45.2 Å². The lowest BCUT2D eigenvalue weighted by Gasteiger charge is -2.28. The molecular weight excluding hydrogens is 260 g/mol. The molecule has 1 heterocycles. The Labute approximate surface area is 122 Å². The summed E-state index contributed by atoms with van der Waals surface area (Å²) in [7, 11) is 0. The van der Waals surface area contributed by atoms with Crippen molar-refractivity contribution in [2.75, 3.05) is 0 Å². The Morgan fingerprint density at radius 2 is 1.74 bits per heavy atom. The van der Waals surface area contributed by atoms with Crippen LogP contribution in [0.3, 0.4) is 0 Å². The van der Waals surface area contributed by atoms with Gasteiger partial charge in [-0.3, -0.25) is 4.68 Å². The van der Waals surface area contributed by atoms with Gasteiger partial charge in [-0.2, -0.15) is 5.10 Å². The molecule has 0 aliphatic rings. The van der Waals surface area contributed by atoms with Gasteiger partial charge in [0.25, 0.3) is 0 Å². The maximum atomic E-state index is 10.8. The molecule has 0 aliphatic heterocycles. The second-order valence-electron chi connectivity index (χ2n) is 5.28. The molecule has 110 valence electrons. The van der Waals surface area contributed by atoms with Crippen LogP contribution in [0.1, 0.15) is 64.8 Å². The summed E-state index contributed by atoms with van der Waals surface area (Å²) in [4.78, 5) is 0. The van der Waals surface area contributed by atoms with Gasteiger partial charge in [0.2, 0.25) is 0 Å². The van der Waals surface area contributed by atoms with Gasteiger partial charge in [0.15, 0.2) is 0 Å². The third-order valence-electron chi connectivity index (χ3n) is 3.62. The highest BCUT2D eigenvalue weighted by atomic mass is 35.5. The Balaban J connectivity index is 3.04. The number of aromatic nitrogens is 2. The van der Waals surface area contributed by atoms with Gasteiger partial charge >= 0.3 is 0 Å². The van der Waals surface area contributed by atoms with Crippen molar-refractivity contribution in [3.8, 4) is 0 Å². The van der Waals surface area contributed by atoms with Crippen LogP contribution in [0.15, 0.2) is 0 Å². The normalized spacial score (nSPS) is 12.1. The zero-order valence-corrected chi connectivity index (χ0v) is 13.4. The van der Waals surface area contributed by atoms with E-state index >= 15 is 0 Å². The molecule has 0 bridgehead atoms. The van der Waals surface area contributed by atoms with Crippen LogP contribution in [-0.2, 0) is 19.4 Å². The monoisotopic (exact) mass is 286 g/mol. The Morgan fingerprint density at radius 3 is 2.16 bits per heavy atom. The maximum Gasteiger partial charge on any atom is 0.0850 e. The fraction of sp³-hybridized carbons (Fsp3) is 0.800. The van der Waals surface area contributed by atoms with Crippen LogP contribution in [-0.4, -0.2) is 20.5 Å². The van der Waals surface area contributed by atoms with Crippen molar-refractivity contribution in [2.45, 2.75) is 78.4 Å². The van der Waals surface area contributed by atoms with Crippen LogP contribution < -0.4 is 0 Å². The molecule has 0 saturated carbocycles. The Morgan fingerprint density at radius 1 is 1.16 bits per heavy atom. The summed E-state index contributed by atoms with van der Waals surface area (Å²) in [6, 6.07) is 0. The summed E-state index contributed by atoms with van der Waals surface area (Å²) in [5.74, 6) is 0. The minimum atomic E-state index is -0.648. The molecule has 0 aliphatic carbocycles. The number of aryl methyl sites for hydroxylation is 2. The van der Waals surface area contributed by atoms with E-state index in [1.54, 1.807) is 0 Å². The van der Waals surface area contributed by atoms with Crippen LogP contribution in [0.4, 0.5) is 0 Å². The molecule has 1 rings (SSSR count). The smallest absolute Gasteiger partial charge is 0.0850 e. The highest BCUT2D eigenvalue weighted by Gasteiger charge is 2.29. The Bertz CT molecular complexity index is 395. The maximum absolute atomic E-state index is 10.8. The lowest BCUT2D eigenvalue weighted by atomic mass is 9.88. The Hall–Kier alpha value is -0.540. The molecule has 0 atom stereocenters. The third kappa shape index (κ3) is 3.96. The summed E-state index contributed by atoms with van der Waals surface area (Å²) in [5, 5.41) is 16.1. The first-order valence-electron chi connectivity index (χ1n) is 7.47. The molecule has 1 N–H and O–H groups in total. The first-order valence-corrected chi connectivity index (χ1v) is 7.85. The lowest BCUT2D eigenvalue weighted by Crippen LogP contribution is -2.32. The minimum Gasteiger partial charge on any atom is -0.389 e. The van der Waals surface area contributed by atoms with Crippen LogP contribution >= 0.6 is 11.6 Å². The fourth-order valence-electron chi connectivity index (χ4n) is 2.73. The highest BCUT2D eigenvalue weighted by molar-refractivity contribution is 6.31. The molecule has 1 aromatic heterocycles. The standard InChI is InChI=1S/C15H27ClN2O/c1-5-9-15(19,10-6-2)11-13-14(16)12(7-3)17-18(13)8-4/h19H,5-11H2,1-4H3.